The highest BCUT2D eigenvalue weighted by Crippen LogP contribution is 2.39. The highest BCUT2D eigenvalue weighted by molar-refractivity contribution is 5.79. The van der Waals surface area contributed by atoms with E-state index in [0.717, 1.165) is 42.8 Å². The minimum atomic E-state index is -0.463. The number of aryl methyl sites for hydroxylation is 2. The van der Waals surface area contributed by atoms with Crippen molar-refractivity contribution < 1.29 is 9.53 Å². The lowest BCUT2D eigenvalue weighted by molar-refractivity contribution is -0.158. The fraction of sp³-hybridized carbons (Fsp3) is 0.429. The molecular weight excluding hydrogens is 396 g/mol. The molecule has 2 aromatic carbocycles. The first kappa shape index (κ1) is 22.3. The molecule has 168 valence electrons. The van der Waals surface area contributed by atoms with Crippen LogP contribution in [-0.2, 0) is 22.5 Å². The van der Waals surface area contributed by atoms with Crippen LogP contribution in [0.15, 0.2) is 67.0 Å². The van der Waals surface area contributed by atoms with Gasteiger partial charge in [-0.2, -0.15) is 0 Å². The van der Waals surface area contributed by atoms with Crippen molar-refractivity contribution >= 4 is 5.97 Å². The van der Waals surface area contributed by atoms with Gasteiger partial charge in [-0.1, -0.05) is 67.4 Å². The molecule has 1 aliphatic carbocycles. The zero-order valence-electron chi connectivity index (χ0n) is 19.5. The molecule has 0 spiro atoms. The van der Waals surface area contributed by atoms with E-state index in [2.05, 4.69) is 45.9 Å². The van der Waals surface area contributed by atoms with Gasteiger partial charge in [0.1, 0.15) is 11.4 Å². The zero-order chi connectivity index (χ0) is 22.6. The molecule has 1 heterocycles. The smallest absolute Gasteiger partial charge is 0.314 e. The summed E-state index contributed by atoms with van der Waals surface area (Å²) < 4.78 is 8.00. The van der Waals surface area contributed by atoms with E-state index in [-0.39, 0.29) is 11.9 Å². The van der Waals surface area contributed by atoms with Crippen LogP contribution in [0.25, 0.3) is 11.4 Å². The zero-order valence-corrected chi connectivity index (χ0v) is 19.5. The number of esters is 1. The van der Waals surface area contributed by atoms with Crippen molar-refractivity contribution in [2.75, 3.05) is 0 Å². The summed E-state index contributed by atoms with van der Waals surface area (Å²) in [7, 11) is 0. The Morgan fingerprint density at radius 2 is 1.75 bits per heavy atom. The van der Waals surface area contributed by atoms with Gasteiger partial charge in [0.25, 0.3) is 0 Å². The van der Waals surface area contributed by atoms with Crippen molar-refractivity contribution in [1.29, 1.82) is 0 Å². The van der Waals surface area contributed by atoms with Crippen molar-refractivity contribution in [3.05, 3.63) is 78.1 Å². The standard InChI is InChI=1S/C28H34N2O2/c1-28(2,3)32-27(31)25(22-9-7-8-10-22)23-15-13-21(14-16-23)17-19-30-20-18-29-26(30)24-11-5-4-6-12-24/h4-6,11-16,18,20,22,25H,7-10,17,19H2,1-3H3. The van der Waals surface area contributed by atoms with Gasteiger partial charge in [-0.25, -0.2) is 4.98 Å². The second-order valence-electron chi connectivity index (χ2n) is 9.86. The summed E-state index contributed by atoms with van der Waals surface area (Å²) >= 11 is 0. The molecule has 1 unspecified atom stereocenters. The monoisotopic (exact) mass is 430 g/mol. The van der Waals surface area contributed by atoms with Gasteiger partial charge >= 0.3 is 5.97 Å². The summed E-state index contributed by atoms with van der Waals surface area (Å²) in [5.74, 6) is 1.13. The third kappa shape index (κ3) is 5.48. The maximum absolute atomic E-state index is 13.1. The first-order valence-corrected chi connectivity index (χ1v) is 11.8. The highest BCUT2D eigenvalue weighted by Gasteiger charge is 2.35. The summed E-state index contributed by atoms with van der Waals surface area (Å²) in [6, 6.07) is 18.9. The van der Waals surface area contributed by atoms with Crippen LogP contribution in [0.5, 0.6) is 0 Å². The number of rotatable bonds is 7. The molecule has 1 aliphatic rings. The molecule has 1 aromatic heterocycles. The lowest BCUT2D eigenvalue weighted by Crippen LogP contribution is -2.30. The average molecular weight is 431 g/mol. The maximum atomic E-state index is 13.1. The average Bonchev–Trinajstić information content (AvgIpc) is 3.45. The van der Waals surface area contributed by atoms with Crippen LogP contribution in [0.1, 0.15) is 63.5 Å². The summed E-state index contributed by atoms with van der Waals surface area (Å²) in [4.78, 5) is 17.6. The Morgan fingerprint density at radius 1 is 1.06 bits per heavy atom. The Balaban J connectivity index is 1.46. The van der Waals surface area contributed by atoms with E-state index in [1.54, 1.807) is 0 Å². The molecule has 4 nitrogen and oxygen atoms in total. The summed E-state index contributed by atoms with van der Waals surface area (Å²) in [6.45, 7) is 6.69. The first-order chi connectivity index (χ1) is 15.4. The van der Waals surface area contributed by atoms with Crippen LogP contribution >= 0.6 is 0 Å². The number of aromatic nitrogens is 2. The number of nitrogens with zero attached hydrogens (tertiary/aromatic N) is 2. The van der Waals surface area contributed by atoms with Crippen molar-refractivity contribution in [3.63, 3.8) is 0 Å². The van der Waals surface area contributed by atoms with Crippen LogP contribution in [0.2, 0.25) is 0 Å². The van der Waals surface area contributed by atoms with Gasteiger partial charge < -0.3 is 9.30 Å². The van der Waals surface area contributed by atoms with E-state index in [0.29, 0.717) is 5.92 Å². The van der Waals surface area contributed by atoms with Crippen LogP contribution < -0.4 is 0 Å². The van der Waals surface area contributed by atoms with Gasteiger partial charge in [0.15, 0.2) is 0 Å². The summed E-state index contributed by atoms with van der Waals surface area (Å²) in [5, 5.41) is 0. The molecular formula is C28H34N2O2. The molecule has 32 heavy (non-hydrogen) atoms. The predicted octanol–water partition coefficient (Wildman–Crippen LogP) is 6.41. The van der Waals surface area contributed by atoms with Crippen molar-refractivity contribution in [2.45, 2.75) is 70.9 Å². The molecule has 0 saturated heterocycles. The number of hydrogen-bond donors (Lipinski definition) is 0. The Kier molecular flexibility index (Phi) is 6.78. The Bertz CT molecular complexity index is 1010. The van der Waals surface area contributed by atoms with E-state index in [4.69, 9.17) is 4.74 Å². The summed E-state index contributed by atoms with van der Waals surface area (Å²) in [6.07, 6.45) is 9.43. The number of benzene rings is 2. The second kappa shape index (κ2) is 9.72. The number of imidazole rings is 1. The lowest BCUT2D eigenvalue weighted by atomic mass is 9.84. The van der Waals surface area contributed by atoms with E-state index >= 15 is 0 Å². The molecule has 0 radical (unpaired) electrons. The normalized spacial score (nSPS) is 15.6. The van der Waals surface area contributed by atoms with Crippen LogP contribution in [0, 0.1) is 5.92 Å². The molecule has 0 aliphatic heterocycles. The maximum Gasteiger partial charge on any atom is 0.314 e. The van der Waals surface area contributed by atoms with Gasteiger partial charge in [0.05, 0.1) is 5.92 Å². The third-order valence-corrected chi connectivity index (χ3v) is 6.26. The number of hydrogen-bond acceptors (Lipinski definition) is 3. The fourth-order valence-electron chi connectivity index (χ4n) is 4.74. The Morgan fingerprint density at radius 3 is 2.41 bits per heavy atom. The van der Waals surface area contributed by atoms with Gasteiger partial charge in [0, 0.05) is 24.5 Å². The Labute approximate surface area is 191 Å². The quantitative estimate of drug-likeness (QED) is 0.407. The van der Waals surface area contributed by atoms with Crippen LogP contribution in [0.4, 0.5) is 0 Å². The predicted molar refractivity (Wildman–Crippen MR) is 128 cm³/mol. The number of carbonyl (C=O) groups is 1. The molecule has 4 heteroatoms. The second-order valence-corrected chi connectivity index (χ2v) is 9.86. The van der Waals surface area contributed by atoms with Gasteiger partial charge in [-0.15, -0.1) is 0 Å². The number of carbonyl (C=O) groups excluding carboxylic acids is 1. The molecule has 1 fully saturated rings. The molecule has 0 bridgehead atoms. The third-order valence-electron chi connectivity index (χ3n) is 6.26. The molecule has 1 saturated carbocycles. The van der Waals surface area contributed by atoms with Crippen molar-refractivity contribution in [1.82, 2.24) is 9.55 Å². The van der Waals surface area contributed by atoms with E-state index in [1.165, 1.54) is 18.4 Å². The van der Waals surface area contributed by atoms with E-state index in [1.807, 2.05) is 51.4 Å². The molecule has 1 atom stereocenters. The molecule has 4 rings (SSSR count). The molecule has 3 aromatic rings. The van der Waals surface area contributed by atoms with Crippen molar-refractivity contribution in [2.24, 2.45) is 5.92 Å². The molecule has 0 amide bonds. The number of ether oxygens (including phenoxy) is 1. The minimum absolute atomic E-state index is 0.0805. The first-order valence-electron chi connectivity index (χ1n) is 11.8. The van der Waals surface area contributed by atoms with Gasteiger partial charge in [0.2, 0.25) is 0 Å². The largest absolute Gasteiger partial charge is 0.459 e. The highest BCUT2D eigenvalue weighted by atomic mass is 16.6. The SMILES string of the molecule is CC(C)(C)OC(=O)C(c1ccc(CCn2ccnc2-c2ccccc2)cc1)C1CCCC1. The van der Waals surface area contributed by atoms with Crippen LogP contribution in [-0.4, -0.2) is 21.1 Å². The summed E-state index contributed by atoms with van der Waals surface area (Å²) in [5.41, 5.74) is 3.01. The van der Waals surface area contributed by atoms with Crippen molar-refractivity contribution in [3.8, 4) is 11.4 Å². The fourth-order valence-corrected chi connectivity index (χ4v) is 4.74. The van der Waals surface area contributed by atoms with E-state index in [9.17, 15) is 4.79 Å². The molecule has 0 N–H and O–H groups in total. The van der Waals surface area contributed by atoms with Gasteiger partial charge in [-0.05, 0) is 57.1 Å². The van der Waals surface area contributed by atoms with Gasteiger partial charge in [-0.3, -0.25) is 4.79 Å². The Hall–Kier alpha value is -2.88. The topological polar surface area (TPSA) is 44.1 Å². The van der Waals surface area contributed by atoms with Crippen LogP contribution in [0.3, 0.4) is 0 Å². The minimum Gasteiger partial charge on any atom is -0.459 e. The van der Waals surface area contributed by atoms with E-state index < -0.39 is 5.60 Å². The lowest BCUT2D eigenvalue weighted by Gasteiger charge is -2.27.